The molecule has 1 N–H and O–H groups in total. The Hall–Kier alpha value is -4.13. The van der Waals surface area contributed by atoms with Crippen molar-refractivity contribution >= 4 is 28.5 Å². The number of unbranched alkanes of at least 4 members (excludes halogenated alkanes) is 2. The zero-order chi connectivity index (χ0) is 33.0. The van der Waals surface area contributed by atoms with Crippen LogP contribution in [0.4, 0.5) is 5.69 Å². The van der Waals surface area contributed by atoms with Gasteiger partial charge in [-0.25, -0.2) is 0 Å². The summed E-state index contributed by atoms with van der Waals surface area (Å²) in [6, 6.07) is 5.99. The fourth-order valence-corrected chi connectivity index (χ4v) is 5.03. The van der Waals surface area contributed by atoms with Crippen LogP contribution in [0.25, 0.3) is 33.4 Å². The Morgan fingerprint density at radius 1 is 1.02 bits per heavy atom. The van der Waals surface area contributed by atoms with E-state index in [-0.39, 0.29) is 23.1 Å². The summed E-state index contributed by atoms with van der Waals surface area (Å²) in [6.07, 6.45) is 2.23. The minimum Gasteiger partial charge on any atom is -0.469 e. The summed E-state index contributed by atoms with van der Waals surface area (Å²) >= 11 is 0. The molecule has 0 bridgehead atoms. The number of hydrogen-bond acceptors (Lipinski definition) is 6. The maximum Gasteiger partial charge on any atom is 0.305 e. The molecule has 2 aliphatic rings. The third-order valence-corrected chi connectivity index (χ3v) is 7.18. The van der Waals surface area contributed by atoms with Gasteiger partial charge in [-0.15, -0.1) is 0 Å². The van der Waals surface area contributed by atoms with Crippen molar-refractivity contribution in [2.45, 2.75) is 53.4 Å². The van der Waals surface area contributed by atoms with Gasteiger partial charge < -0.3 is 19.4 Å². The average Bonchev–Trinajstić information content (AvgIpc) is 3.01. The minimum absolute atomic E-state index is 0.0970. The molecule has 1 aliphatic carbocycles. The number of esters is 1. The molecule has 0 spiro atoms. The van der Waals surface area contributed by atoms with Crippen molar-refractivity contribution in [3.05, 3.63) is 70.5 Å². The smallest absolute Gasteiger partial charge is 0.305 e. The van der Waals surface area contributed by atoms with Gasteiger partial charge in [0.15, 0.2) is 0 Å². The van der Waals surface area contributed by atoms with E-state index in [1.54, 1.807) is 7.05 Å². The Morgan fingerprint density at radius 2 is 1.80 bits per heavy atom. The first-order chi connectivity index (χ1) is 21.4. The van der Waals surface area contributed by atoms with Gasteiger partial charge in [0.05, 0.1) is 18.0 Å². The van der Waals surface area contributed by atoms with Crippen LogP contribution in [0.1, 0.15) is 66.5 Å². The lowest BCUT2D eigenvalue weighted by Crippen LogP contribution is -2.28. The zero-order valence-electron chi connectivity index (χ0n) is 28.8. The third kappa shape index (κ3) is 6.62. The van der Waals surface area contributed by atoms with Gasteiger partial charge >= 0.3 is 5.97 Å². The largest absolute Gasteiger partial charge is 0.469 e. The number of benzene rings is 3. The number of carbonyl (C=O) groups excluding carboxylic acids is 2. The number of hydrogen-bond donors (Lipinski definition) is 1. The first-order valence-corrected chi connectivity index (χ1v) is 14.1. The van der Waals surface area contributed by atoms with E-state index in [9.17, 15) is 9.59 Å². The van der Waals surface area contributed by atoms with E-state index < -0.39 is 24.0 Å². The predicted molar refractivity (Wildman–Crippen MR) is 165 cm³/mol. The molecule has 4 rings (SSSR count). The standard InChI is InChI=1S/C34H41N3O4/c1-7-35-28-20-30-26(18-22(28)3)33(27-19-23(4)29(36-8-2)21-31(27)41-30)24-14-11-12-15-25(24)34(39)37(5)17-13-9-10-16-32(38)40-6/h11-12,14-15,18-21,35H,7-10,13,16-17H2,1-6H3/b36-29+/i11D,12D,14D,15D. The molecule has 1 aliphatic heterocycles. The number of aryl methyl sites for hydroxylation is 2. The van der Waals surface area contributed by atoms with E-state index in [0.717, 1.165) is 22.2 Å². The maximum atomic E-state index is 14.1. The zero-order valence-corrected chi connectivity index (χ0v) is 24.8. The second-order valence-corrected chi connectivity index (χ2v) is 10.1. The molecular weight excluding hydrogens is 514 g/mol. The second kappa shape index (κ2) is 13.5. The number of fused-ring (bicyclic) bond motifs is 2. The Balaban J connectivity index is 1.99. The van der Waals surface area contributed by atoms with Gasteiger partial charge in [-0.3, -0.25) is 14.6 Å². The van der Waals surface area contributed by atoms with Crippen LogP contribution in [0, 0.1) is 13.8 Å². The summed E-state index contributed by atoms with van der Waals surface area (Å²) < 4.78 is 46.2. The van der Waals surface area contributed by atoms with Crippen LogP contribution in [0.2, 0.25) is 0 Å². The van der Waals surface area contributed by atoms with E-state index in [1.807, 2.05) is 52.0 Å². The third-order valence-electron chi connectivity index (χ3n) is 7.18. The maximum absolute atomic E-state index is 14.1. The van der Waals surface area contributed by atoms with Gasteiger partial charge in [0.2, 0.25) is 0 Å². The van der Waals surface area contributed by atoms with Crippen molar-refractivity contribution in [3.8, 4) is 22.5 Å². The number of anilines is 1. The Bertz CT molecular complexity index is 1800. The van der Waals surface area contributed by atoms with E-state index in [4.69, 9.17) is 14.6 Å². The molecule has 0 saturated carbocycles. The molecule has 7 nitrogen and oxygen atoms in total. The topological polar surface area (TPSA) is 84.1 Å². The highest BCUT2D eigenvalue weighted by atomic mass is 16.5. The van der Waals surface area contributed by atoms with Crippen molar-refractivity contribution in [2.75, 3.05) is 39.1 Å². The van der Waals surface area contributed by atoms with Crippen molar-refractivity contribution in [3.63, 3.8) is 0 Å². The Morgan fingerprint density at radius 3 is 2.54 bits per heavy atom. The quantitative estimate of drug-likeness (QED) is 0.122. The lowest BCUT2D eigenvalue weighted by Gasteiger charge is -2.22. The van der Waals surface area contributed by atoms with Crippen molar-refractivity contribution in [1.82, 2.24) is 4.90 Å². The molecule has 2 aromatic carbocycles. The van der Waals surface area contributed by atoms with Crippen molar-refractivity contribution in [1.29, 1.82) is 0 Å². The van der Waals surface area contributed by atoms with Crippen LogP contribution in [0.3, 0.4) is 0 Å². The lowest BCUT2D eigenvalue weighted by molar-refractivity contribution is -0.140. The van der Waals surface area contributed by atoms with Gasteiger partial charge in [0.25, 0.3) is 5.91 Å². The molecule has 41 heavy (non-hydrogen) atoms. The summed E-state index contributed by atoms with van der Waals surface area (Å²) in [5.41, 5.74) is 4.34. The molecule has 2 aromatic rings. The summed E-state index contributed by atoms with van der Waals surface area (Å²) in [5.74, 6) is -0.300. The van der Waals surface area contributed by atoms with Gasteiger partial charge in [0, 0.05) is 73.0 Å². The average molecular weight is 560 g/mol. The minimum atomic E-state index is -0.512. The molecule has 7 heteroatoms. The molecular formula is C34H41N3O4. The molecule has 0 unspecified atom stereocenters. The van der Waals surface area contributed by atoms with E-state index >= 15 is 0 Å². The highest BCUT2D eigenvalue weighted by Gasteiger charge is 2.24. The summed E-state index contributed by atoms with van der Waals surface area (Å²) in [6.45, 7) is 9.47. The molecule has 0 fully saturated rings. The molecule has 216 valence electrons. The molecule has 0 atom stereocenters. The number of ether oxygens (including phenoxy) is 1. The normalized spacial score (nSPS) is 13.1. The van der Waals surface area contributed by atoms with E-state index in [0.29, 0.717) is 73.2 Å². The highest BCUT2D eigenvalue weighted by molar-refractivity contribution is 6.09. The van der Waals surface area contributed by atoms with Crippen LogP contribution < -0.4 is 10.7 Å². The van der Waals surface area contributed by atoms with Crippen LogP contribution in [-0.4, -0.2) is 50.6 Å². The van der Waals surface area contributed by atoms with Gasteiger partial charge in [0.1, 0.15) is 11.3 Å². The molecule has 0 aromatic heterocycles. The van der Waals surface area contributed by atoms with Gasteiger partial charge in [-0.2, -0.15) is 0 Å². The van der Waals surface area contributed by atoms with Crippen molar-refractivity contribution < 1.29 is 24.2 Å². The number of methoxy groups -OCH3 is 1. The van der Waals surface area contributed by atoms with E-state index in [1.165, 1.54) is 12.0 Å². The van der Waals surface area contributed by atoms with Crippen LogP contribution in [0.5, 0.6) is 0 Å². The second-order valence-electron chi connectivity index (χ2n) is 10.1. The molecule has 1 heterocycles. The van der Waals surface area contributed by atoms with E-state index in [2.05, 4.69) is 10.3 Å². The first-order valence-electron chi connectivity index (χ1n) is 16.1. The molecule has 0 saturated heterocycles. The Kier molecular flexibility index (Phi) is 8.11. The number of carbonyl (C=O) groups is 2. The van der Waals surface area contributed by atoms with Crippen LogP contribution >= 0.6 is 0 Å². The highest BCUT2D eigenvalue weighted by Crippen LogP contribution is 2.43. The van der Waals surface area contributed by atoms with Gasteiger partial charge in [-0.05, 0) is 75.4 Å². The fraction of sp³-hybridized carbons (Fsp3) is 0.382. The first kappa shape index (κ1) is 24.6. The fourth-order valence-electron chi connectivity index (χ4n) is 5.03. The predicted octanol–water partition coefficient (Wildman–Crippen LogP) is 6.98. The summed E-state index contributed by atoms with van der Waals surface area (Å²) in [4.78, 5) is 31.7. The number of nitrogens with zero attached hydrogens (tertiary/aromatic N) is 2. The summed E-state index contributed by atoms with van der Waals surface area (Å²) in [7, 11) is 2.98. The Labute approximate surface area is 248 Å². The molecule has 0 radical (unpaired) electrons. The van der Waals surface area contributed by atoms with Crippen LogP contribution in [0.15, 0.2) is 57.8 Å². The number of nitrogens with one attached hydrogen (secondary N) is 1. The molecule has 1 amide bonds. The van der Waals surface area contributed by atoms with Gasteiger partial charge in [-0.1, -0.05) is 24.5 Å². The lowest BCUT2D eigenvalue weighted by atomic mass is 9.89. The van der Waals surface area contributed by atoms with Crippen molar-refractivity contribution in [2.24, 2.45) is 4.99 Å². The summed E-state index contributed by atoms with van der Waals surface area (Å²) in [5, 5.41) is 4.74. The van der Waals surface area contributed by atoms with Crippen LogP contribution in [-0.2, 0) is 9.53 Å². The monoisotopic (exact) mass is 559 g/mol. The number of rotatable bonds is 11. The number of amides is 1. The SMILES string of the molecule is [2H]c1c([2H])c([2H])c(-c2c3cc(C)/c(=N/CC)cc-3oc3cc(NCC)c(C)cc23)c(C(=O)N(C)CCCCCC(=O)OC)c1[2H].